The summed E-state index contributed by atoms with van der Waals surface area (Å²) in [6.07, 6.45) is 0. The standard InChI is InChI=1S/C20H25N5O3S/c1-11-6-8-13(9-7-11)17(27)23-19-22-16-15(29-19)14(18(28)21-12(2)10-26)24-25(16)20(3,4)5/h6-9,12,26H,10H2,1-5H3,(H,21,28)(H,22,23,27)/t12-/m0/s1. The first-order valence-corrected chi connectivity index (χ1v) is 10.1. The fraction of sp³-hybridized carbons (Fsp3) is 0.400. The molecule has 9 heteroatoms. The highest BCUT2D eigenvalue weighted by atomic mass is 32.1. The van der Waals surface area contributed by atoms with Crippen molar-refractivity contribution in [2.24, 2.45) is 0 Å². The van der Waals surface area contributed by atoms with Crippen LogP contribution in [0.1, 0.15) is 54.1 Å². The number of nitrogens with one attached hydrogen (secondary N) is 2. The van der Waals surface area contributed by atoms with Crippen LogP contribution in [0.5, 0.6) is 0 Å². The minimum Gasteiger partial charge on any atom is -0.394 e. The topological polar surface area (TPSA) is 109 Å². The number of anilines is 1. The lowest BCUT2D eigenvalue weighted by atomic mass is 10.1. The Kier molecular flexibility index (Phi) is 5.72. The van der Waals surface area contributed by atoms with E-state index in [1.54, 1.807) is 23.7 Å². The average Bonchev–Trinajstić information content (AvgIpc) is 3.19. The largest absolute Gasteiger partial charge is 0.394 e. The molecule has 0 unspecified atom stereocenters. The maximum atomic E-state index is 12.6. The van der Waals surface area contributed by atoms with E-state index in [0.717, 1.165) is 5.56 Å². The van der Waals surface area contributed by atoms with Crippen LogP contribution < -0.4 is 10.6 Å². The van der Waals surface area contributed by atoms with Gasteiger partial charge in [-0.05, 0) is 46.8 Å². The maximum Gasteiger partial charge on any atom is 0.273 e. The molecule has 2 amide bonds. The van der Waals surface area contributed by atoms with E-state index < -0.39 is 11.6 Å². The number of carbonyl (C=O) groups is 2. The molecule has 0 aliphatic rings. The zero-order valence-corrected chi connectivity index (χ0v) is 17.9. The maximum absolute atomic E-state index is 12.6. The normalized spacial score (nSPS) is 12.8. The molecule has 2 aromatic heterocycles. The summed E-state index contributed by atoms with van der Waals surface area (Å²) < 4.78 is 2.26. The Labute approximate surface area is 173 Å². The Hall–Kier alpha value is -2.78. The molecular formula is C20H25N5O3S. The molecule has 0 radical (unpaired) electrons. The Morgan fingerprint density at radius 2 is 1.86 bits per heavy atom. The zero-order valence-electron chi connectivity index (χ0n) is 17.1. The number of aliphatic hydroxyl groups is 1. The van der Waals surface area contributed by atoms with Gasteiger partial charge >= 0.3 is 0 Å². The summed E-state index contributed by atoms with van der Waals surface area (Å²) in [6.45, 7) is 9.37. The highest BCUT2D eigenvalue weighted by Crippen LogP contribution is 2.32. The third-order valence-electron chi connectivity index (χ3n) is 4.26. The number of carbonyl (C=O) groups excluding carboxylic acids is 2. The van der Waals surface area contributed by atoms with Gasteiger partial charge in [-0.15, -0.1) is 0 Å². The van der Waals surface area contributed by atoms with Gasteiger partial charge in [-0.25, -0.2) is 4.68 Å². The van der Waals surface area contributed by atoms with Crippen molar-refractivity contribution < 1.29 is 14.7 Å². The summed E-state index contributed by atoms with van der Waals surface area (Å²) in [6, 6.07) is 6.85. The van der Waals surface area contributed by atoms with Crippen LogP contribution in [0.2, 0.25) is 0 Å². The third kappa shape index (κ3) is 4.46. The number of hydrogen-bond acceptors (Lipinski definition) is 6. The average molecular weight is 416 g/mol. The Morgan fingerprint density at radius 3 is 2.45 bits per heavy atom. The highest BCUT2D eigenvalue weighted by molar-refractivity contribution is 7.22. The van der Waals surface area contributed by atoms with Crippen molar-refractivity contribution in [3.8, 4) is 0 Å². The Bertz CT molecular complexity index is 1050. The first kappa shape index (κ1) is 20.9. The van der Waals surface area contributed by atoms with Crippen LogP contribution in [-0.4, -0.2) is 44.3 Å². The second-order valence-electron chi connectivity index (χ2n) is 7.98. The number of aliphatic hydroxyl groups excluding tert-OH is 1. The van der Waals surface area contributed by atoms with Gasteiger partial charge in [0.05, 0.1) is 12.1 Å². The summed E-state index contributed by atoms with van der Waals surface area (Å²) in [5.41, 5.74) is 1.94. The molecule has 0 saturated carbocycles. The number of aryl methyl sites for hydroxylation is 1. The summed E-state index contributed by atoms with van der Waals surface area (Å²) in [5, 5.41) is 19.6. The summed E-state index contributed by atoms with van der Waals surface area (Å²) in [7, 11) is 0. The van der Waals surface area contributed by atoms with Crippen LogP contribution in [0.4, 0.5) is 5.13 Å². The Balaban J connectivity index is 1.97. The predicted octanol–water partition coefficient (Wildman–Crippen LogP) is 2.92. The van der Waals surface area contributed by atoms with Crippen LogP contribution in [0.25, 0.3) is 10.3 Å². The van der Waals surface area contributed by atoms with Crippen molar-refractivity contribution in [2.45, 2.75) is 46.2 Å². The van der Waals surface area contributed by atoms with E-state index >= 15 is 0 Å². The highest BCUT2D eigenvalue weighted by Gasteiger charge is 2.27. The van der Waals surface area contributed by atoms with Crippen LogP contribution >= 0.6 is 11.3 Å². The number of nitrogens with zero attached hydrogens (tertiary/aromatic N) is 3. The molecule has 29 heavy (non-hydrogen) atoms. The van der Waals surface area contributed by atoms with Gasteiger partial charge in [-0.3, -0.25) is 14.9 Å². The molecule has 154 valence electrons. The lowest BCUT2D eigenvalue weighted by Crippen LogP contribution is -2.35. The van der Waals surface area contributed by atoms with E-state index in [-0.39, 0.29) is 24.1 Å². The monoisotopic (exact) mass is 415 g/mol. The van der Waals surface area contributed by atoms with Crippen molar-refractivity contribution in [1.29, 1.82) is 0 Å². The summed E-state index contributed by atoms with van der Waals surface area (Å²) in [5.74, 6) is -0.656. The van der Waals surface area contributed by atoms with Crippen LogP contribution in [-0.2, 0) is 5.54 Å². The lowest BCUT2D eigenvalue weighted by Gasteiger charge is -2.19. The van der Waals surface area contributed by atoms with Crippen LogP contribution in [0.15, 0.2) is 24.3 Å². The van der Waals surface area contributed by atoms with Gasteiger partial charge in [0.2, 0.25) is 0 Å². The number of benzene rings is 1. The fourth-order valence-electron chi connectivity index (χ4n) is 2.68. The third-order valence-corrected chi connectivity index (χ3v) is 5.23. The molecule has 1 aromatic carbocycles. The van der Waals surface area contributed by atoms with Crippen molar-refractivity contribution in [1.82, 2.24) is 20.1 Å². The van der Waals surface area contributed by atoms with Crippen LogP contribution in [0.3, 0.4) is 0 Å². The zero-order chi connectivity index (χ0) is 21.3. The molecule has 0 spiro atoms. The molecule has 3 N–H and O–H groups in total. The molecule has 0 fully saturated rings. The second kappa shape index (κ2) is 7.92. The van der Waals surface area contributed by atoms with Gasteiger partial charge in [-0.1, -0.05) is 29.0 Å². The molecule has 0 bridgehead atoms. The molecule has 0 aliphatic heterocycles. The number of thiazole rings is 1. The van der Waals surface area contributed by atoms with E-state index in [1.165, 1.54) is 11.3 Å². The predicted molar refractivity (Wildman–Crippen MR) is 114 cm³/mol. The van der Waals surface area contributed by atoms with Crippen molar-refractivity contribution in [3.63, 3.8) is 0 Å². The molecule has 0 aliphatic carbocycles. The summed E-state index contributed by atoms with van der Waals surface area (Å²) in [4.78, 5) is 29.7. The fourth-order valence-corrected chi connectivity index (χ4v) is 3.61. The smallest absolute Gasteiger partial charge is 0.273 e. The first-order valence-electron chi connectivity index (χ1n) is 9.30. The van der Waals surface area contributed by atoms with Gasteiger partial charge in [-0.2, -0.15) is 10.1 Å². The Morgan fingerprint density at radius 1 is 1.21 bits per heavy atom. The van der Waals surface area contributed by atoms with Crippen molar-refractivity contribution >= 4 is 38.6 Å². The van der Waals surface area contributed by atoms with Crippen molar-refractivity contribution in [2.75, 3.05) is 11.9 Å². The number of hydrogen-bond donors (Lipinski definition) is 3. The molecular weight excluding hydrogens is 390 g/mol. The van der Waals surface area contributed by atoms with Crippen LogP contribution in [0, 0.1) is 6.92 Å². The minimum absolute atomic E-state index is 0.171. The lowest BCUT2D eigenvalue weighted by molar-refractivity contribution is 0.0917. The van der Waals surface area contributed by atoms with Gasteiger partial charge in [0.25, 0.3) is 11.8 Å². The van der Waals surface area contributed by atoms with E-state index in [1.807, 2.05) is 39.8 Å². The van der Waals surface area contributed by atoms with Gasteiger partial charge in [0, 0.05) is 11.6 Å². The van der Waals surface area contributed by atoms with Gasteiger partial charge < -0.3 is 10.4 Å². The second-order valence-corrected chi connectivity index (χ2v) is 8.98. The van der Waals surface area contributed by atoms with Crippen molar-refractivity contribution in [3.05, 3.63) is 41.1 Å². The van der Waals surface area contributed by atoms with E-state index in [9.17, 15) is 14.7 Å². The molecule has 3 aromatic rings. The van der Waals surface area contributed by atoms with E-state index in [0.29, 0.717) is 21.0 Å². The number of fused-ring (bicyclic) bond motifs is 1. The number of amides is 2. The number of aromatic nitrogens is 3. The van der Waals surface area contributed by atoms with E-state index in [2.05, 4.69) is 20.7 Å². The summed E-state index contributed by atoms with van der Waals surface area (Å²) >= 11 is 1.20. The molecule has 2 heterocycles. The molecule has 8 nitrogen and oxygen atoms in total. The minimum atomic E-state index is -0.411. The first-order chi connectivity index (χ1) is 13.6. The van der Waals surface area contributed by atoms with Gasteiger partial charge in [0.1, 0.15) is 4.70 Å². The SMILES string of the molecule is Cc1ccc(C(=O)Nc2nc3c(s2)c(C(=O)N[C@@H](C)CO)nn3C(C)(C)C)cc1. The molecule has 3 rings (SSSR count). The molecule has 0 saturated heterocycles. The quantitative estimate of drug-likeness (QED) is 0.594. The molecule has 1 atom stereocenters. The van der Waals surface area contributed by atoms with Gasteiger partial charge in [0.15, 0.2) is 16.5 Å². The van der Waals surface area contributed by atoms with E-state index in [4.69, 9.17) is 0 Å². The number of rotatable bonds is 5.